The lowest BCUT2D eigenvalue weighted by atomic mass is 10.2. The van der Waals surface area contributed by atoms with E-state index < -0.39 is 0 Å². The number of rotatable bonds is 6. The molecule has 136 valence electrons. The van der Waals surface area contributed by atoms with Crippen LogP contribution in [0.25, 0.3) is 5.65 Å². The standard InChI is InChI=1S/C20H23N3O3/c1-5-6-15-19(23-10-9-13(2)11-18(23)21-15)20(24)22-16-12-14(25-3)7-8-17(16)26-4/h7-12H,5-6H2,1-4H3,(H,22,24). The summed E-state index contributed by atoms with van der Waals surface area (Å²) in [6.07, 6.45) is 3.53. The Kier molecular flexibility index (Phi) is 5.11. The number of methoxy groups -OCH3 is 2. The molecule has 1 aromatic carbocycles. The summed E-state index contributed by atoms with van der Waals surface area (Å²) in [6.45, 7) is 4.08. The molecule has 6 nitrogen and oxygen atoms in total. The highest BCUT2D eigenvalue weighted by molar-refractivity contribution is 6.05. The topological polar surface area (TPSA) is 64.9 Å². The highest BCUT2D eigenvalue weighted by Gasteiger charge is 2.20. The summed E-state index contributed by atoms with van der Waals surface area (Å²) in [5.41, 5.74) is 3.77. The second-order valence-corrected chi connectivity index (χ2v) is 6.11. The lowest BCUT2D eigenvalue weighted by Gasteiger charge is -2.12. The van der Waals surface area contributed by atoms with Gasteiger partial charge in [0.2, 0.25) is 0 Å². The summed E-state index contributed by atoms with van der Waals surface area (Å²) in [5.74, 6) is 0.987. The molecule has 0 bridgehead atoms. The monoisotopic (exact) mass is 353 g/mol. The molecule has 3 aromatic rings. The van der Waals surface area contributed by atoms with Gasteiger partial charge in [0.25, 0.3) is 5.91 Å². The molecule has 1 N–H and O–H groups in total. The number of benzene rings is 1. The molecule has 0 radical (unpaired) electrons. The molecule has 0 aliphatic heterocycles. The molecule has 0 aliphatic rings. The van der Waals surface area contributed by atoms with Gasteiger partial charge >= 0.3 is 0 Å². The summed E-state index contributed by atoms with van der Waals surface area (Å²) in [7, 11) is 3.15. The number of hydrogen-bond donors (Lipinski definition) is 1. The lowest BCUT2D eigenvalue weighted by molar-refractivity contribution is 0.102. The molecule has 1 amide bonds. The van der Waals surface area contributed by atoms with Crippen molar-refractivity contribution >= 4 is 17.2 Å². The fraction of sp³-hybridized carbons (Fsp3) is 0.300. The molecule has 0 atom stereocenters. The molecule has 2 aromatic heterocycles. The Morgan fingerprint density at radius 1 is 1.19 bits per heavy atom. The van der Waals surface area contributed by atoms with Crippen LogP contribution in [0, 0.1) is 6.92 Å². The number of carbonyl (C=O) groups is 1. The first kappa shape index (κ1) is 17.8. The number of nitrogens with one attached hydrogen (secondary N) is 1. The predicted molar refractivity (Wildman–Crippen MR) is 101 cm³/mol. The summed E-state index contributed by atoms with van der Waals surface area (Å²) >= 11 is 0. The number of fused-ring (bicyclic) bond motifs is 1. The summed E-state index contributed by atoms with van der Waals surface area (Å²) < 4.78 is 12.4. The maximum Gasteiger partial charge on any atom is 0.274 e. The fourth-order valence-electron chi connectivity index (χ4n) is 2.94. The molecule has 2 heterocycles. The second kappa shape index (κ2) is 7.47. The number of hydrogen-bond acceptors (Lipinski definition) is 4. The van der Waals surface area contributed by atoms with Crippen LogP contribution < -0.4 is 14.8 Å². The van der Waals surface area contributed by atoms with E-state index in [1.165, 1.54) is 0 Å². The molecular weight excluding hydrogens is 330 g/mol. The average Bonchev–Trinajstić information content (AvgIpc) is 2.98. The number of pyridine rings is 1. The zero-order chi connectivity index (χ0) is 18.7. The smallest absolute Gasteiger partial charge is 0.274 e. The molecule has 3 rings (SSSR count). The molecule has 0 saturated heterocycles. The Hall–Kier alpha value is -3.02. The Morgan fingerprint density at radius 2 is 2.00 bits per heavy atom. The third-order valence-corrected chi connectivity index (χ3v) is 4.21. The van der Waals surface area contributed by atoms with Gasteiger partial charge in [-0.1, -0.05) is 13.3 Å². The van der Waals surface area contributed by atoms with Gasteiger partial charge in [-0.2, -0.15) is 0 Å². The number of aromatic nitrogens is 2. The number of ether oxygens (including phenoxy) is 2. The van der Waals surface area contributed by atoms with Crippen LogP contribution in [-0.2, 0) is 6.42 Å². The summed E-state index contributed by atoms with van der Waals surface area (Å²) in [4.78, 5) is 17.7. The fourth-order valence-corrected chi connectivity index (χ4v) is 2.94. The highest BCUT2D eigenvalue weighted by atomic mass is 16.5. The number of nitrogens with zero attached hydrogens (tertiary/aromatic N) is 2. The molecule has 26 heavy (non-hydrogen) atoms. The average molecular weight is 353 g/mol. The van der Waals surface area contributed by atoms with Crippen molar-refractivity contribution in [2.75, 3.05) is 19.5 Å². The van der Waals surface area contributed by atoms with E-state index in [0.29, 0.717) is 22.9 Å². The van der Waals surface area contributed by atoms with E-state index in [4.69, 9.17) is 9.47 Å². The van der Waals surface area contributed by atoms with Crippen molar-refractivity contribution in [3.05, 3.63) is 53.5 Å². The van der Waals surface area contributed by atoms with Crippen LogP contribution in [0.1, 0.15) is 35.1 Å². The van der Waals surface area contributed by atoms with Gasteiger partial charge in [-0.05, 0) is 43.2 Å². The minimum Gasteiger partial charge on any atom is -0.497 e. The van der Waals surface area contributed by atoms with Crippen LogP contribution in [0.4, 0.5) is 5.69 Å². The third-order valence-electron chi connectivity index (χ3n) is 4.21. The third kappa shape index (κ3) is 3.35. The SMILES string of the molecule is CCCc1nc2cc(C)ccn2c1C(=O)Nc1cc(OC)ccc1OC. The van der Waals surface area contributed by atoms with Crippen LogP contribution in [0.15, 0.2) is 36.5 Å². The van der Waals surface area contributed by atoms with Crippen molar-refractivity contribution in [1.82, 2.24) is 9.38 Å². The second-order valence-electron chi connectivity index (χ2n) is 6.11. The largest absolute Gasteiger partial charge is 0.497 e. The molecule has 0 unspecified atom stereocenters. The predicted octanol–water partition coefficient (Wildman–Crippen LogP) is 3.86. The van der Waals surface area contributed by atoms with Crippen LogP contribution >= 0.6 is 0 Å². The van der Waals surface area contributed by atoms with E-state index in [0.717, 1.165) is 29.7 Å². The number of imidazole rings is 1. The number of amides is 1. The Balaban J connectivity index is 2.03. The molecule has 0 aliphatic carbocycles. The zero-order valence-electron chi connectivity index (χ0n) is 15.5. The van der Waals surface area contributed by atoms with E-state index in [1.54, 1.807) is 32.4 Å². The van der Waals surface area contributed by atoms with Crippen LogP contribution in [0.2, 0.25) is 0 Å². The van der Waals surface area contributed by atoms with Crippen molar-refractivity contribution in [1.29, 1.82) is 0 Å². The van der Waals surface area contributed by atoms with E-state index in [9.17, 15) is 4.79 Å². The van der Waals surface area contributed by atoms with E-state index in [-0.39, 0.29) is 5.91 Å². The minimum absolute atomic E-state index is 0.226. The molecule has 0 fully saturated rings. The van der Waals surface area contributed by atoms with Gasteiger partial charge in [0.05, 0.1) is 25.6 Å². The van der Waals surface area contributed by atoms with E-state index in [1.807, 2.05) is 29.7 Å². The van der Waals surface area contributed by atoms with Gasteiger partial charge in [-0.25, -0.2) is 4.98 Å². The minimum atomic E-state index is -0.226. The molecular formula is C20H23N3O3. The van der Waals surface area contributed by atoms with Crippen LogP contribution in [0.3, 0.4) is 0 Å². The van der Waals surface area contributed by atoms with Gasteiger partial charge in [0, 0.05) is 12.3 Å². The molecule has 0 saturated carbocycles. The van der Waals surface area contributed by atoms with Crippen LogP contribution in [-0.4, -0.2) is 29.5 Å². The van der Waals surface area contributed by atoms with Crippen molar-refractivity contribution < 1.29 is 14.3 Å². The summed E-state index contributed by atoms with van der Waals surface area (Å²) in [6, 6.07) is 9.23. The molecule has 0 spiro atoms. The Bertz CT molecular complexity index is 947. The first-order chi connectivity index (χ1) is 12.6. The number of aryl methyl sites for hydroxylation is 2. The van der Waals surface area contributed by atoms with Crippen molar-refractivity contribution in [3.8, 4) is 11.5 Å². The van der Waals surface area contributed by atoms with Crippen molar-refractivity contribution in [2.24, 2.45) is 0 Å². The van der Waals surface area contributed by atoms with E-state index >= 15 is 0 Å². The van der Waals surface area contributed by atoms with Gasteiger partial charge in [-0.3, -0.25) is 9.20 Å². The van der Waals surface area contributed by atoms with Gasteiger partial charge in [0.1, 0.15) is 22.8 Å². The molecule has 6 heteroatoms. The number of anilines is 1. The van der Waals surface area contributed by atoms with Gasteiger partial charge in [0.15, 0.2) is 0 Å². The lowest BCUT2D eigenvalue weighted by Crippen LogP contribution is -2.17. The van der Waals surface area contributed by atoms with Crippen molar-refractivity contribution in [2.45, 2.75) is 26.7 Å². The summed E-state index contributed by atoms with van der Waals surface area (Å²) in [5, 5.41) is 2.94. The zero-order valence-corrected chi connectivity index (χ0v) is 15.5. The Morgan fingerprint density at radius 3 is 2.69 bits per heavy atom. The maximum atomic E-state index is 13.1. The van der Waals surface area contributed by atoms with Gasteiger partial charge in [-0.15, -0.1) is 0 Å². The normalized spacial score (nSPS) is 10.8. The first-order valence-electron chi connectivity index (χ1n) is 8.58. The number of carbonyl (C=O) groups excluding carboxylic acids is 1. The maximum absolute atomic E-state index is 13.1. The van der Waals surface area contributed by atoms with Crippen molar-refractivity contribution in [3.63, 3.8) is 0 Å². The van der Waals surface area contributed by atoms with Gasteiger partial charge < -0.3 is 14.8 Å². The van der Waals surface area contributed by atoms with Crippen LogP contribution in [0.5, 0.6) is 11.5 Å². The first-order valence-corrected chi connectivity index (χ1v) is 8.58. The Labute approximate surface area is 152 Å². The highest BCUT2D eigenvalue weighted by Crippen LogP contribution is 2.29. The van der Waals surface area contributed by atoms with E-state index in [2.05, 4.69) is 17.2 Å². The quantitative estimate of drug-likeness (QED) is 0.731.